The van der Waals surface area contributed by atoms with Crippen LogP contribution in [0.3, 0.4) is 0 Å². The molecule has 0 saturated heterocycles. The van der Waals surface area contributed by atoms with Crippen molar-refractivity contribution in [3.63, 3.8) is 0 Å². The summed E-state index contributed by atoms with van der Waals surface area (Å²) in [5.74, 6) is 0.145. The fourth-order valence-corrected chi connectivity index (χ4v) is 2.98. The van der Waals surface area contributed by atoms with Crippen LogP contribution < -0.4 is 5.32 Å². The van der Waals surface area contributed by atoms with Crippen LogP contribution in [0.1, 0.15) is 30.5 Å². The van der Waals surface area contributed by atoms with Gasteiger partial charge in [0.25, 0.3) is 0 Å². The van der Waals surface area contributed by atoms with Gasteiger partial charge in [0, 0.05) is 31.4 Å². The topological polar surface area (TPSA) is 53.2 Å². The molecule has 1 aromatic heterocycles. The Hall–Kier alpha value is -1.38. The Morgan fingerprint density at radius 1 is 1.44 bits per heavy atom. The highest BCUT2D eigenvalue weighted by molar-refractivity contribution is 5.65. The highest BCUT2D eigenvalue weighted by atomic mass is 19.4. The first kappa shape index (κ1) is 19.9. The monoisotopic (exact) mass is 360 g/mol. The Morgan fingerprint density at radius 3 is 2.88 bits per heavy atom. The Labute approximate surface area is 146 Å². The maximum atomic E-state index is 12.1. The zero-order chi connectivity index (χ0) is 18.3. The molecule has 0 saturated carbocycles. The maximum Gasteiger partial charge on any atom is 0.411 e. The number of aromatic nitrogens is 2. The molecule has 1 aromatic rings. The van der Waals surface area contributed by atoms with Gasteiger partial charge < -0.3 is 15.0 Å². The van der Waals surface area contributed by atoms with Crippen LogP contribution >= 0.6 is 0 Å². The van der Waals surface area contributed by atoms with E-state index in [1.165, 1.54) is 5.57 Å². The van der Waals surface area contributed by atoms with E-state index in [9.17, 15) is 13.2 Å². The molecule has 5 nitrogen and oxygen atoms in total. The number of nitrogens with zero attached hydrogens (tertiary/aromatic N) is 2. The van der Waals surface area contributed by atoms with E-state index in [0.717, 1.165) is 50.2 Å². The Balaban J connectivity index is 1.86. The van der Waals surface area contributed by atoms with Crippen molar-refractivity contribution in [3.8, 4) is 0 Å². The first-order valence-corrected chi connectivity index (χ1v) is 8.58. The fraction of sp³-hybridized carbons (Fsp3) is 0.706. The van der Waals surface area contributed by atoms with Crippen molar-refractivity contribution in [2.45, 2.75) is 32.0 Å². The number of nitrogens with one attached hydrogen (secondary N) is 2. The van der Waals surface area contributed by atoms with Crippen molar-refractivity contribution in [1.29, 1.82) is 0 Å². The number of alkyl halides is 3. The average molecular weight is 360 g/mol. The second kappa shape index (κ2) is 9.35. The molecule has 1 aliphatic carbocycles. The van der Waals surface area contributed by atoms with Gasteiger partial charge >= 0.3 is 6.18 Å². The molecular formula is C17H27F3N4O. The number of rotatable bonds is 9. The molecule has 1 unspecified atom stereocenters. The third-order valence-corrected chi connectivity index (χ3v) is 4.35. The molecule has 0 fully saturated rings. The maximum absolute atomic E-state index is 12.1. The fourth-order valence-electron chi connectivity index (χ4n) is 2.98. The van der Waals surface area contributed by atoms with Gasteiger partial charge in [-0.1, -0.05) is 6.08 Å². The summed E-state index contributed by atoms with van der Waals surface area (Å²) in [5.41, 5.74) is 3.30. The van der Waals surface area contributed by atoms with E-state index in [4.69, 9.17) is 4.74 Å². The van der Waals surface area contributed by atoms with E-state index in [0.29, 0.717) is 0 Å². The summed E-state index contributed by atoms with van der Waals surface area (Å²) in [6, 6.07) is 0. The van der Waals surface area contributed by atoms with Crippen LogP contribution in [0.15, 0.2) is 12.3 Å². The van der Waals surface area contributed by atoms with Crippen molar-refractivity contribution in [3.05, 3.63) is 23.5 Å². The second-order valence-corrected chi connectivity index (χ2v) is 6.60. The normalized spacial score (nSPS) is 18.6. The number of likely N-dealkylation sites (N-methyl/N-ethyl adjacent to an activating group) is 2. The minimum atomic E-state index is -4.25. The van der Waals surface area contributed by atoms with Crippen LogP contribution in [0.4, 0.5) is 13.2 Å². The summed E-state index contributed by atoms with van der Waals surface area (Å²) < 4.78 is 41.2. The van der Waals surface area contributed by atoms with Crippen LogP contribution in [-0.4, -0.2) is 61.7 Å². The SMILES string of the molecule is CNCCN(C)Cc1c[nH]nc1C1=CCC(COCC(F)(F)F)CC1. The van der Waals surface area contributed by atoms with Gasteiger partial charge in [-0.25, -0.2) is 0 Å². The highest BCUT2D eigenvalue weighted by Gasteiger charge is 2.28. The number of ether oxygens (including phenoxy) is 1. The summed E-state index contributed by atoms with van der Waals surface area (Å²) in [7, 11) is 4.00. The first-order valence-electron chi connectivity index (χ1n) is 8.58. The van der Waals surface area contributed by atoms with Gasteiger partial charge in [-0.2, -0.15) is 18.3 Å². The van der Waals surface area contributed by atoms with Gasteiger partial charge in [-0.3, -0.25) is 5.10 Å². The van der Waals surface area contributed by atoms with E-state index in [1.807, 2.05) is 13.2 Å². The van der Waals surface area contributed by atoms with Crippen LogP contribution in [0.25, 0.3) is 5.57 Å². The van der Waals surface area contributed by atoms with Crippen molar-refractivity contribution < 1.29 is 17.9 Å². The van der Waals surface area contributed by atoms with E-state index in [-0.39, 0.29) is 12.5 Å². The average Bonchev–Trinajstić information content (AvgIpc) is 3.00. The Morgan fingerprint density at radius 2 is 2.24 bits per heavy atom. The molecule has 2 N–H and O–H groups in total. The molecule has 0 amide bonds. The van der Waals surface area contributed by atoms with Crippen LogP contribution in [0.2, 0.25) is 0 Å². The number of aromatic amines is 1. The largest absolute Gasteiger partial charge is 0.411 e. The summed E-state index contributed by atoms with van der Waals surface area (Å²) in [4.78, 5) is 2.22. The third-order valence-electron chi connectivity index (χ3n) is 4.35. The van der Waals surface area contributed by atoms with Crippen LogP contribution in [-0.2, 0) is 11.3 Å². The minimum absolute atomic E-state index is 0.145. The second-order valence-electron chi connectivity index (χ2n) is 6.60. The molecule has 0 radical (unpaired) electrons. The lowest BCUT2D eigenvalue weighted by Crippen LogP contribution is -2.27. The molecule has 25 heavy (non-hydrogen) atoms. The number of hydrogen-bond acceptors (Lipinski definition) is 4. The van der Waals surface area contributed by atoms with Gasteiger partial charge in [-0.05, 0) is 44.8 Å². The lowest BCUT2D eigenvalue weighted by atomic mass is 9.88. The smallest absolute Gasteiger partial charge is 0.372 e. The van der Waals surface area contributed by atoms with Gasteiger partial charge in [0.05, 0.1) is 12.3 Å². The summed E-state index contributed by atoms with van der Waals surface area (Å²) >= 11 is 0. The lowest BCUT2D eigenvalue weighted by molar-refractivity contribution is -0.176. The number of halogens is 3. The molecule has 0 aliphatic heterocycles. The highest BCUT2D eigenvalue weighted by Crippen LogP contribution is 2.31. The van der Waals surface area contributed by atoms with E-state index in [2.05, 4.69) is 33.5 Å². The summed E-state index contributed by atoms with van der Waals surface area (Å²) in [6.45, 7) is 1.67. The summed E-state index contributed by atoms with van der Waals surface area (Å²) in [6.07, 6.45) is 2.14. The van der Waals surface area contributed by atoms with Crippen molar-refractivity contribution >= 4 is 5.57 Å². The van der Waals surface area contributed by atoms with Gasteiger partial charge in [0.15, 0.2) is 0 Å². The molecule has 142 valence electrons. The van der Waals surface area contributed by atoms with Gasteiger partial charge in [-0.15, -0.1) is 0 Å². The van der Waals surface area contributed by atoms with E-state index >= 15 is 0 Å². The quantitative estimate of drug-likeness (QED) is 0.711. The molecule has 0 spiro atoms. The lowest BCUT2D eigenvalue weighted by Gasteiger charge is -2.22. The molecular weight excluding hydrogens is 333 g/mol. The third kappa shape index (κ3) is 6.80. The van der Waals surface area contributed by atoms with Crippen molar-refractivity contribution in [2.75, 3.05) is 40.4 Å². The molecule has 1 heterocycles. The van der Waals surface area contributed by atoms with Crippen molar-refractivity contribution in [2.24, 2.45) is 5.92 Å². The van der Waals surface area contributed by atoms with Gasteiger partial charge in [0.1, 0.15) is 6.61 Å². The van der Waals surface area contributed by atoms with Gasteiger partial charge in [0.2, 0.25) is 0 Å². The molecule has 0 aromatic carbocycles. The van der Waals surface area contributed by atoms with Crippen molar-refractivity contribution in [1.82, 2.24) is 20.4 Å². The molecule has 8 heteroatoms. The predicted octanol–water partition coefficient (Wildman–Crippen LogP) is 2.82. The first-order chi connectivity index (χ1) is 11.9. The van der Waals surface area contributed by atoms with Crippen LogP contribution in [0, 0.1) is 5.92 Å². The minimum Gasteiger partial charge on any atom is -0.372 e. The molecule has 2 rings (SSSR count). The van der Waals surface area contributed by atoms with Crippen LogP contribution in [0.5, 0.6) is 0 Å². The molecule has 1 atom stereocenters. The molecule has 0 bridgehead atoms. The molecule has 1 aliphatic rings. The summed E-state index contributed by atoms with van der Waals surface area (Å²) in [5, 5.41) is 10.4. The van der Waals surface area contributed by atoms with E-state index in [1.54, 1.807) is 0 Å². The predicted molar refractivity (Wildman–Crippen MR) is 91.0 cm³/mol. The number of H-pyrrole nitrogens is 1. The zero-order valence-corrected chi connectivity index (χ0v) is 14.8. The Bertz CT molecular complexity index is 556. The number of allylic oxidation sites excluding steroid dienone is 2. The number of hydrogen-bond donors (Lipinski definition) is 2. The van der Waals surface area contributed by atoms with E-state index < -0.39 is 12.8 Å². The standard InChI is InChI=1S/C17H27F3N4O/c1-21-7-8-24(2)10-15-9-22-23-16(15)14-5-3-13(4-6-14)11-25-12-17(18,19)20/h5,9,13,21H,3-4,6-8,10-12H2,1-2H3,(H,22,23). The zero-order valence-electron chi connectivity index (χ0n) is 14.8. The Kier molecular flexibility index (Phi) is 7.46.